The number of rotatable bonds is 5. The fraction of sp³-hybridized carbons (Fsp3) is 0.467. The number of nitrogens with zero attached hydrogens (tertiary/aromatic N) is 3. The Morgan fingerprint density at radius 2 is 1.84 bits per heavy atom. The number of aryl methyl sites for hydroxylation is 1. The lowest BCUT2D eigenvalue weighted by Gasteiger charge is -2.28. The minimum absolute atomic E-state index is 0.416. The van der Waals surface area contributed by atoms with Crippen LogP contribution in [0.1, 0.15) is 26.0 Å². The van der Waals surface area contributed by atoms with Crippen LogP contribution in [0, 0.1) is 6.92 Å². The van der Waals surface area contributed by atoms with Crippen LogP contribution in [0.4, 0.5) is 5.82 Å². The Kier molecular flexibility index (Phi) is 4.75. The van der Waals surface area contributed by atoms with Crippen molar-refractivity contribution >= 4 is 32.5 Å². The summed E-state index contributed by atoms with van der Waals surface area (Å²) in [6, 6.07) is 8.79. The zero-order chi connectivity index (χ0) is 13.8. The maximum atomic E-state index is 4.44. The molecule has 0 aliphatic rings. The second-order valence-corrected chi connectivity index (χ2v) is 5.78. The first-order chi connectivity index (χ1) is 9.15. The van der Waals surface area contributed by atoms with E-state index >= 15 is 0 Å². The number of anilines is 1. The maximum absolute atomic E-state index is 4.44. The fourth-order valence-electron chi connectivity index (χ4n) is 2.27. The molecule has 0 spiro atoms. The smallest absolute Gasteiger partial charge is 0.159 e. The Labute approximate surface area is 123 Å². The molecule has 1 aromatic heterocycles. The number of aromatic nitrogens is 2. The molecule has 0 amide bonds. The van der Waals surface area contributed by atoms with Crippen LogP contribution in [0.15, 0.2) is 24.3 Å². The molecule has 0 unspecified atom stereocenters. The van der Waals surface area contributed by atoms with Crippen molar-refractivity contribution < 1.29 is 0 Å². The van der Waals surface area contributed by atoms with Gasteiger partial charge in [-0.2, -0.15) is 5.10 Å². The Morgan fingerprint density at radius 3 is 2.47 bits per heavy atom. The van der Waals surface area contributed by atoms with E-state index in [1.54, 1.807) is 0 Å². The van der Waals surface area contributed by atoms with E-state index in [1.165, 1.54) is 10.8 Å². The SMILES string of the molecule is Cc1nnc(N(CCCBr)C(C)C)c2ccccc12. The van der Waals surface area contributed by atoms with Gasteiger partial charge in [0.25, 0.3) is 0 Å². The van der Waals surface area contributed by atoms with Crippen molar-refractivity contribution in [2.75, 3.05) is 16.8 Å². The number of alkyl halides is 1. The van der Waals surface area contributed by atoms with Crippen molar-refractivity contribution in [3.05, 3.63) is 30.0 Å². The first-order valence-corrected chi connectivity index (χ1v) is 7.82. The number of hydrogen-bond acceptors (Lipinski definition) is 3. The minimum atomic E-state index is 0.416. The van der Waals surface area contributed by atoms with Gasteiger partial charge in [0, 0.05) is 28.7 Å². The van der Waals surface area contributed by atoms with Crippen molar-refractivity contribution in [3.8, 4) is 0 Å². The highest BCUT2D eigenvalue weighted by molar-refractivity contribution is 9.09. The lowest BCUT2D eigenvalue weighted by Crippen LogP contribution is -2.33. The Balaban J connectivity index is 2.50. The van der Waals surface area contributed by atoms with Crippen LogP contribution < -0.4 is 4.90 Å². The van der Waals surface area contributed by atoms with Gasteiger partial charge >= 0.3 is 0 Å². The van der Waals surface area contributed by atoms with Gasteiger partial charge in [-0.25, -0.2) is 0 Å². The third kappa shape index (κ3) is 3.06. The predicted octanol–water partition coefficient (Wildman–Crippen LogP) is 3.94. The van der Waals surface area contributed by atoms with Crippen LogP contribution in [-0.2, 0) is 0 Å². The summed E-state index contributed by atoms with van der Waals surface area (Å²) in [7, 11) is 0. The predicted molar refractivity (Wildman–Crippen MR) is 85.2 cm³/mol. The summed E-state index contributed by atoms with van der Waals surface area (Å²) in [5.41, 5.74) is 0.989. The molecular weight excluding hydrogens is 302 g/mol. The fourth-order valence-corrected chi connectivity index (χ4v) is 2.53. The highest BCUT2D eigenvalue weighted by Gasteiger charge is 2.16. The topological polar surface area (TPSA) is 29.0 Å². The quantitative estimate of drug-likeness (QED) is 0.781. The van der Waals surface area contributed by atoms with Gasteiger partial charge in [-0.1, -0.05) is 40.2 Å². The van der Waals surface area contributed by atoms with Gasteiger partial charge in [-0.3, -0.25) is 0 Å². The average Bonchev–Trinajstić information content (AvgIpc) is 2.41. The van der Waals surface area contributed by atoms with Crippen LogP contribution >= 0.6 is 15.9 Å². The molecule has 2 aromatic rings. The Morgan fingerprint density at radius 1 is 1.16 bits per heavy atom. The first-order valence-electron chi connectivity index (χ1n) is 6.69. The molecule has 102 valence electrons. The summed E-state index contributed by atoms with van der Waals surface area (Å²) in [5, 5.41) is 12.1. The van der Waals surface area contributed by atoms with E-state index in [2.05, 4.69) is 69.1 Å². The molecule has 3 nitrogen and oxygen atoms in total. The molecule has 4 heteroatoms. The molecular formula is C15H20BrN3. The van der Waals surface area contributed by atoms with Crippen LogP contribution in [0.5, 0.6) is 0 Å². The summed E-state index contributed by atoms with van der Waals surface area (Å²) >= 11 is 3.50. The zero-order valence-corrected chi connectivity index (χ0v) is 13.3. The van der Waals surface area contributed by atoms with Crippen LogP contribution in [-0.4, -0.2) is 28.1 Å². The summed E-state index contributed by atoms with van der Waals surface area (Å²) in [6.45, 7) is 7.40. The minimum Gasteiger partial charge on any atom is -0.352 e. The molecule has 0 N–H and O–H groups in total. The largest absolute Gasteiger partial charge is 0.352 e. The van der Waals surface area contributed by atoms with Gasteiger partial charge in [0.2, 0.25) is 0 Å². The number of hydrogen-bond donors (Lipinski definition) is 0. The van der Waals surface area contributed by atoms with E-state index in [0.29, 0.717) is 6.04 Å². The van der Waals surface area contributed by atoms with Crippen LogP contribution in [0.25, 0.3) is 10.8 Å². The lowest BCUT2D eigenvalue weighted by molar-refractivity contribution is 0.662. The monoisotopic (exact) mass is 321 g/mol. The van der Waals surface area contributed by atoms with E-state index < -0.39 is 0 Å². The molecule has 0 saturated heterocycles. The summed E-state index contributed by atoms with van der Waals surface area (Å²) in [4.78, 5) is 2.33. The molecule has 0 radical (unpaired) electrons. The zero-order valence-electron chi connectivity index (χ0n) is 11.7. The molecule has 0 bridgehead atoms. The van der Waals surface area contributed by atoms with E-state index in [4.69, 9.17) is 0 Å². The number of halogens is 1. The molecule has 2 rings (SSSR count). The molecule has 1 aromatic carbocycles. The molecule has 0 aliphatic carbocycles. The van der Waals surface area contributed by atoms with Crippen molar-refractivity contribution in [2.24, 2.45) is 0 Å². The van der Waals surface area contributed by atoms with Gasteiger partial charge in [0.15, 0.2) is 5.82 Å². The molecule has 1 heterocycles. The molecule has 0 saturated carbocycles. The third-order valence-electron chi connectivity index (χ3n) is 3.28. The van der Waals surface area contributed by atoms with Gasteiger partial charge < -0.3 is 4.90 Å². The maximum Gasteiger partial charge on any atom is 0.159 e. The van der Waals surface area contributed by atoms with Crippen molar-refractivity contribution in [1.29, 1.82) is 0 Å². The second kappa shape index (κ2) is 6.33. The third-order valence-corrected chi connectivity index (χ3v) is 3.84. The summed E-state index contributed by atoms with van der Waals surface area (Å²) in [5.74, 6) is 0.997. The number of fused-ring (bicyclic) bond motifs is 1. The van der Waals surface area contributed by atoms with Crippen LogP contribution in [0.3, 0.4) is 0 Å². The summed E-state index contributed by atoms with van der Waals surface area (Å²) in [6.07, 6.45) is 1.10. The van der Waals surface area contributed by atoms with E-state index in [0.717, 1.165) is 29.8 Å². The average molecular weight is 322 g/mol. The van der Waals surface area contributed by atoms with Crippen molar-refractivity contribution in [3.63, 3.8) is 0 Å². The van der Waals surface area contributed by atoms with Crippen molar-refractivity contribution in [1.82, 2.24) is 10.2 Å². The molecule has 19 heavy (non-hydrogen) atoms. The number of benzene rings is 1. The van der Waals surface area contributed by atoms with Gasteiger partial charge in [0.05, 0.1) is 5.69 Å². The van der Waals surface area contributed by atoms with Crippen LogP contribution in [0.2, 0.25) is 0 Å². The first kappa shape index (κ1) is 14.3. The van der Waals surface area contributed by atoms with E-state index in [-0.39, 0.29) is 0 Å². The van der Waals surface area contributed by atoms with E-state index in [1.807, 2.05) is 6.92 Å². The van der Waals surface area contributed by atoms with Gasteiger partial charge in [-0.15, -0.1) is 5.10 Å². The normalized spacial score (nSPS) is 11.2. The molecule has 0 atom stereocenters. The van der Waals surface area contributed by atoms with Crippen molar-refractivity contribution in [2.45, 2.75) is 33.2 Å². The highest BCUT2D eigenvalue weighted by Crippen LogP contribution is 2.26. The Bertz CT molecular complexity index is 554. The Hall–Kier alpha value is -1.16. The van der Waals surface area contributed by atoms with Gasteiger partial charge in [0.1, 0.15) is 0 Å². The summed E-state index contributed by atoms with van der Waals surface area (Å²) < 4.78 is 0. The van der Waals surface area contributed by atoms with E-state index in [9.17, 15) is 0 Å². The molecule has 0 fully saturated rings. The lowest BCUT2D eigenvalue weighted by atomic mass is 10.1. The standard InChI is InChI=1S/C15H20BrN3/c1-11(2)19(10-6-9-16)15-14-8-5-4-7-13(14)12(3)17-18-15/h4-5,7-8,11H,6,9-10H2,1-3H3. The molecule has 0 aliphatic heterocycles. The second-order valence-electron chi connectivity index (χ2n) is 4.98. The highest BCUT2D eigenvalue weighted by atomic mass is 79.9. The van der Waals surface area contributed by atoms with Gasteiger partial charge in [-0.05, 0) is 27.2 Å².